The molecule has 0 fully saturated rings. The molecule has 0 N–H and O–H groups in total. The van der Waals surface area contributed by atoms with Crippen molar-refractivity contribution >= 4 is 60.0 Å². The fourth-order valence-corrected chi connectivity index (χ4v) is 8.90. The Kier molecular flexibility index (Phi) is 8.57. The number of rotatable bonds is 10. The van der Waals surface area contributed by atoms with E-state index in [2.05, 4.69) is 6.58 Å². The first-order chi connectivity index (χ1) is 18.5. The Bertz CT molecular complexity index is 1600. The molecule has 1 heterocycles. The Hall–Kier alpha value is -3.10. The van der Waals surface area contributed by atoms with E-state index in [0.29, 0.717) is 14.8 Å². The molecule has 206 valence electrons. The maximum atomic E-state index is 13.8. The minimum atomic E-state index is -4.06. The van der Waals surface area contributed by atoms with Crippen LogP contribution >= 0.6 is 22.6 Å². The standard InChI is InChI=1S/C27H27IN2O7S2/c1-4-15-29(38(32,33)21-11-7-5-8-12-21)27-24(36-3)16-23-25(26(27)28)20(18-37-19(2)31)17-30(23)39(34,35)22-13-9-6-10-14-22/h4-14,16,20H,1,15,17-18H2,2-3H3. The number of carbonyl (C=O) groups excluding carboxylic acids is 1. The largest absolute Gasteiger partial charge is 0.494 e. The molecule has 1 atom stereocenters. The van der Waals surface area contributed by atoms with Crippen molar-refractivity contribution in [3.05, 3.63) is 88.5 Å². The van der Waals surface area contributed by atoms with Crippen LogP contribution in [0.3, 0.4) is 0 Å². The summed E-state index contributed by atoms with van der Waals surface area (Å²) in [6, 6.07) is 17.5. The van der Waals surface area contributed by atoms with Crippen LogP contribution in [0.5, 0.6) is 5.75 Å². The van der Waals surface area contributed by atoms with Crippen molar-refractivity contribution in [2.24, 2.45) is 0 Å². The van der Waals surface area contributed by atoms with E-state index in [1.165, 1.54) is 59.1 Å². The van der Waals surface area contributed by atoms with Crippen molar-refractivity contribution in [1.82, 2.24) is 0 Å². The summed E-state index contributed by atoms with van der Waals surface area (Å²) < 4.78 is 68.9. The van der Waals surface area contributed by atoms with Crippen molar-refractivity contribution in [3.8, 4) is 5.75 Å². The second-order valence-electron chi connectivity index (χ2n) is 8.66. The molecule has 0 spiro atoms. The Morgan fingerprint density at radius 3 is 2.21 bits per heavy atom. The van der Waals surface area contributed by atoms with Crippen molar-refractivity contribution in [1.29, 1.82) is 0 Å². The molecule has 1 aliphatic heterocycles. The minimum Gasteiger partial charge on any atom is -0.494 e. The lowest BCUT2D eigenvalue weighted by Gasteiger charge is -2.28. The van der Waals surface area contributed by atoms with Gasteiger partial charge in [0.1, 0.15) is 11.4 Å². The zero-order valence-corrected chi connectivity index (χ0v) is 25.1. The summed E-state index contributed by atoms with van der Waals surface area (Å²) in [5.74, 6) is -0.894. The molecule has 3 aromatic carbocycles. The van der Waals surface area contributed by atoms with Gasteiger partial charge >= 0.3 is 5.97 Å². The normalized spacial score (nSPS) is 14.9. The highest BCUT2D eigenvalue weighted by Crippen LogP contribution is 2.50. The van der Waals surface area contributed by atoms with Crippen LogP contribution in [0, 0.1) is 3.57 Å². The fraction of sp³-hybridized carbons (Fsp3) is 0.222. The number of esters is 1. The first-order valence-electron chi connectivity index (χ1n) is 11.8. The minimum absolute atomic E-state index is 0.00462. The van der Waals surface area contributed by atoms with Crippen molar-refractivity contribution in [2.75, 3.05) is 35.4 Å². The zero-order valence-electron chi connectivity index (χ0n) is 21.3. The van der Waals surface area contributed by atoms with Crippen LogP contribution in [0.4, 0.5) is 11.4 Å². The van der Waals surface area contributed by atoms with Gasteiger partial charge in [0.15, 0.2) is 0 Å². The number of sulfonamides is 2. The Morgan fingerprint density at radius 1 is 1.08 bits per heavy atom. The van der Waals surface area contributed by atoms with E-state index in [1.807, 2.05) is 22.6 Å². The average Bonchev–Trinajstić information content (AvgIpc) is 3.31. The van der Waals surface area contributed by atoms with Crippen molar-refractivity contribution < 1.29 is 31.1 Å². The van der Waals surface area contributed by atoms with Crippen LogP contribution in [-0.2, 0) is 29.6 Å². The number of nitrogens with zero attached hydrogens (tertiary/aromatic N) is 2. The molecule has 0 saturated heterocycles. The molecule has 0 saturated carbocycles. The second-order valence-corrected chi connectivity index (χ2v) is 13.5. The van der Waals surface area contributed by atoms with Gasteiger partial charge in [0.2, 0.25) is 0 Å². The molecule has 1 aliphatic rings. The lowest BCUT2D eigenvalue weighted by atomic mass is 10.0. The third-order valence-electron chi connectivity index (χ3n) is 6.20. The topological polar surface area (TPSA) is 110 Å². The van der Waals surface area contributed by atoms with E-state index in [0.717, 1.165) is 0 Å². The molecule has 4 rings (SSSR count). The first-order valence-corrected chi connectivity index (χ1v) is 15.8. The molecular formula is C27H27IN2O7S2. The van der Waals surface area contributed by atoms with Gasteiger partial charge in [0.25, 0.3) is 20.0 Å². The van der Waals surface area contributed by atoms with Gasteiger partial charge in [0, 0.05) is 34.6 Å². The lowest BCUT2D eigenvalue weighted by molar-refractivity contribution is -0.141. The summed E-state index contributed by atoms with van der Waals surface area (Å²) in [6.07, 6.45) is 1.46. The van der Waals surface area contributed by atoms with E-state index in [9.17, 15) is 21.6 Å². The Labute approximate surface area is 242 Å². The Morgan fingerprint density at radius 2 is 1.67 bits per heavy atom. The van der Waals surface area contributed by atoms with E-state index in [-0.39, 0.29) is 40.9 Å². The van der Waals surface area contributed by atoms with Crippen LogP contribution in [-0.4, -0.2) is 49.6 Å². The number of fused-ring (bicyclic) bond motifs is 1. The van der Waals surface area contributed by atoms with Gasteiger partial charge < -0.3 is 9.47 Å². The highest BCUT2D eigenvalue weighted by atomic mass is 127. The smallest absolute Gasteiger partial charge is 0.302 e. The quantitative estimate of drug-likeness (QED) is 0.176. The predicted molar refractivity (Wildman–Crippen MR) is 157 cm³/mol. The number of benzene rings is 3. The summed E-state index contributed by atoms with van der Waals surface area (Å²) >= 11 is 2.01. The van der Waals surface area contributed by atoms with Gasteiger partial charge in [-0.2, -0.15) is 0 Å². The van der Waals surface area contributed by atoms with Gasteiger partial charge in [-0.15, -0.1) is 6.58 Å². The molecule has 3 aromatic rings. The SMILES string of the molecule is C=CCN(c1c(OC)cc2c(c1I)C(COC(C)=O)CN2S(=O)(=O)c1ccccc1)S(=O)(=O)c1ccccc1. The zero-order chi connectivity index (χ0) is 28.4. The number of anilines is 2. The number of hydrogen-bond acceptors (Lipinski definition) is 7. The number of hydrogen-bond donors (Lipinski definition) is 0. The van der Waals surface area contributed by atoms with E-state index >= 15 is 0 Å². The van der Waals surface area contributed by atoms with Crippen molar-refractivity contribution in [2.45, 2.75) is 22.6 Å². The lowest BCUT2D eigenvalue weighted by Crippen LogP contribution is -2.32. The van der Waals surface area contributed by atoms with Gasteiger partial charge in [-0.05, 0) is 46.9 Å². The van der Waals surface area contributed by atoms with Gasteiger partial charge in [-0.25, -0.2) is 16.8 Å². The molecule has 0 bridgehead atoms. The van der Waals surface area contributed by atoms with Crippen LogP contribution in [0.25, 0.3) is 0 Å². The van der Waals surface area contributed by atoms with Crippen LogP contribution in [0.1, 0.15) is 18.4 Å². The van der Waals surface area contributed by atoms with Crippen molar-refractivity contribution in [3.63, 3.8) is 0 Å². The summed E-state index contributed by atoms with van der Waals surface area (Å²) in [7, 11) is -6.66. The third kappa shape index (κ3) is 5.50. The Balaban J connectivity index is 1.96. The molecule has 0 radical (unpaired) electrons. The maximum absolute atomic E-state index is 13.8. The number of carbonyl (C=O) groups is 1. The number of ether oxygens (including phenoxy) is 2. The van der Waals surface area contributed by atoms with Crippen LogP contribution < -0.4 is 13.3 Å². The van der Waals surface area contributed by atoms with Gasteiger partial charge in [0.05, 0.1) is 35.7 Å². The van der Waals surface area contributed by atoms with Crippen LogP contribution in [0.15, 0.2) is 89.2 Å². The molecule has 9 nitrogen and oxygen atoms in total. The van der Waals surface area contributed by atoms with Crippen LogP contribution in [0.2, 0.25) is 0 Å². The molecule has 12 heteroatoms. The van der Waals surface area contributed by atoms with Gasteiger partial charge in [-0.3, -0.25) is 13.4 Å². The van der Waals surface area contributed by atoms with E-state index in [4.69, 9.17) is 9.47 Å². The molecule has 0 aliphatic carbocycles. The number of halogens is 1. The molecule has 1 unspecified atom stereocenters. The average molecular weight is 683 g/mol. The fourth-order valence-electron chi connectivity index (χ4n) is 4.44. The number of methoxy groups -OCH3 is 1. The van der Waals surface area contributed by atoms with Gasteiger partial charge in [-0.1, -0.05) is 42.5 Å². The third-order valence-corrected chi connectivity index (χ3v) is 10.9. The molecule has 0 aromatic heterocycles. The van der Waals surface area contributed by atoms with E-state index < -0.39 is 31.9 Å². The van der Waals surface area contributed by atoms with E-state index in [1.54, 1.807) is 36.4 Å². The highest BCUT2D eigenvalue weighted by Gasteiger charge is 2.42. The highest BCUT2D eigenvalue weighted by molar-refractivity contribution is 14.1. The molecule has 39 heavy (non-hydrogen) atoms. The summed E-state index contributed by atoms with van der Waals surface area (Å²) in [5, 5.41) is 0. The first kappa shape index (κ1) is 28.9. The maximum Gasteiger partial charge on any atom is 0.302 e. The summed E-state index contributed by atoms with van der Waals surface area (Å²) in [6.45, 7) is 4.86. The summed E-state index contributed by atoms with van der Waals surface area (Å²) in [5.41, 5.74) is 1.12. The molecule has 0 amide bonds. The second kappa shape index (κ2) is 11.6. The predicted octanol–water partition coefficient (Wildman–Crippen LogP) is 4.54. The summed E-state index contributed by atoms with van der Waals surface area (Å²) in [4.78, 5) is 11.8. The monoisotopic (exact) mass is 682 g/mol. The molecular weight excluding hydrogens is 655 g/mol.